The number of ether oxygens (including phenoxy) is 1. The first-order chi connectivity index (χ1) is 10.7. The largest absolute Gasteiger partial charge is 0.372 e. The maximum Gasteiger partial charge on any atom is 0.246 e. The van der Waals surface area contributed by atoms with Gasteiger partial charge in [-0.05, 0) is 31.2 Å². The molecule has 122 valence electrons. The summed E-state index contributed by atoms with van der Waals surface area (Å²) in [7, 11) is 0. The minimum atomic E-state index is -0.204. The van der Waals surface area contributed by atoms with E-state index in [1.807, 2.05) is 19.1 Å². The second-order valence-electron chi connectivity index (χ2n) is 5.29. The van der Waals surface area contributed by atoms with Gasteiger partial charge in [0.15, 0.2) is 0 Å². The lowest BCUT2D eigenvalue weighted by atomic mass is 10.2. The summed E-state index contributed by atoms with van der Waals surface area (Å²) in [6, 6.07) is 6.63. The van der Waals surface area contributed by atoms with Gasteiger partial charge >= 0.3 is 0 Å². The van der Waals surface area contributed by atoms with Crippen molar-refractivity contribution in [1.82, 2.24) is 10.2 Å². The number of carbonyl (C=O) groups is 1. The maximum absolute atomic E-state index is 12.9. The first-order valence-corrected chi connectivity index (χ1v) is 7.76. The van der Waals surface area contributed by atoms with Crippen LogP contribution in [0.15, 0.2) is 24.3 Å². The molecule has 1 heterocycles. The minimum Gasteiger partial charge on any atom is -0.372 e. The molecular weight excluding hydrogens is 285 g/mol. The molecule has 5 nitrogen and oxygen atoms in total. The lowest BCUT2D eigenvalue weighted by Gasteiger charge is -2.36. The minimum absolute atomic E-state index is 0.0631. The summed E-state index contributed by atoms with van der Waals surface area (Å²) in [4.78, 5) is 16.0. The predicted octanol–water partition coefficient (Wildman–Crippen LogP) is 1.10. The highest BCUT2D eigenvalue weighted by atomic mass is 19.1. The van der Waals surface area contributed by atoms with Crippen molar-refractivity contribution in [3.63, 3.8) is 0 Å². The Morgan fingerprint density at radius 3 is 2.55 bits per heavy atom. The molecule has 2 rings (SSSR count). The Balaban J connectivity index is 1.65. The van der Waals surface area contributed by atoms with Crippen molar-refractivity contribution in [2.45, 2.75) is 6.92 Å². The van der Waals surface area contributed by atoms with Gasteiger partial charge in [-0.15, -0.1) is 0 Å². The Morgan fingerprint density at radius 1 is 1.23 bits per heavy atom. The van der Waals surface area contributed by atoms with Gasteiger partial charge in [-0.1, -0.05) is 0 Å². The number of anilines is 1. The number of piperazine rings is 1. The molecule has 1 fully saturated rings. The van der Waals surface area contributed by atoms with Gasteiger partial charge in [0.1, 0.15) is 12.4 Å². The standard InChI is InChI=1S/C16H24FN3O2/c1-2-22-13-16(21)18-7-8-19-9-11-20(12-10-19)15-5-3-14(17)4-6-15/h3-6H,2,7-13H2,1H3,(H,18,21). The van der Waals surface area contributed by atoms with Gasteiger partial charge in [-0.2, -0.15) is 0 Å². The topological polar surface area (TPSA) is 44.8 Å². The first-order valence-electron chi connectivity index (χ1n) is 7.76. The number of hydrogen-bond acceptors (Lipinski definition) is 4. The number of hydrogen-bond donors (Lipinski definition) is 1. The van der Waals surface area contributed by atoms with Gasteiger partial charge in [0.25, 0.3) is 0 Å². The third kappa shape index (κ3) is 5.27. The third-order valence-electron chi connectivity index (χ3n) is 3.75. The second-order valence-corrected chi connectivity index (χ2v) is 5.29. The highest BCUT2D eigenvalue weighted by Crippen LogP contribution is 2.16. The summed E-state index contributed by atoms with van der Waals surface area (Å²) in [6.45, 7) is 7.76. The van der Waals surface area contributed by atoms with E-state index in [0.29, 0.717) is 13.2 Å². The van der Waals surface area contributed by atoms with Gasteiger partial charge in [0.2, 0.25) is 5.91 Å². The quantitative estimate of drug-likeness (QED) is 0.819. The Hall–Kier alpha value is -1.66. The van der Waals surface area contributed by atoms with Crippen molar-refractivity contribution < 1.29 is 13.9 Å². The molecule has 0 aliphatic carbocycles. The summed E-state index contributed by atoms with van der Waals surface area (Å²) in [5.41, 5.74) is 1.06. The molecule has 22 heavy (non-hydrogen) atoms. The van der Waals surface area contributed by atoms with E-state index in [1.165, 1.54) is 12.1 Å². The van der Waals surface area contributed by atoms with Crippen LogP contribution in [0.2, 0.25) is 0 Å². The average molecular weight is 309 g/mol. The highest BCUT2D eigenvalue weighted by molar-refractivity contribution is 5.77. The number of carbonyl (C=O) groups excluding carboxylic acids is 1. The van der Waals surface area contributed by atoms with Crippen LogP contribution in [0.3, 0.4) is 0 Å². The van der Waals surface area contributed by atoms with Crippen LogP contribution >= 0.6 is 0 Å². The molecule has 0 bridgehead atoms. The number of nitrogens with zero attached hydrogens (tertiary/aromatic N) is 2. The van der Waals surface area contributed by atoms with Crippen LogP contribution in [0.1, 0.15) is 6.92 Å². The van der Waals surface area contributed by atoms with Gasteiger partial charge in [-0.25, -0.2) is 4.39 Å². The fraction of sp³-hybridized carbons (Fsp3) is 0.562. The normalized spacial score (nSPS) is 15.8. The highest BCUT2D eigenvalue weighted by Gasteiger charge is 2.16. The fourth-order valence-electron chi connectivity index (χ4n) is 2.48. The smallest absolute Gasteiger partial charge is 0.246 e. The second kappa shape index (κ2) is 8.70. The molecule has 0 saturated carbocycles. The Morgan fingerprint density at radius 2 is 1.91 bits per heavy atom. The predicted molar refractivity (Wildman–Crippen MR) is 84.6 cm³/mol. The van der Waals surface area contributed by atoms with Gasteiger partial charge in [0.05, 0.1) is 0 Å². The molecule has 0 atom stereocenters. The van der Waals surface area contributed by atoms with Gasteiger partial charge in [-0.3, -0.25) is 9.69 Å². The van der Waals surface area contributed by atoms with Crippen LogP contribution in [0.25, 0.3) is 0 Å². The van der Waals surface area contributed by atoms with E-state index in [1.54, 1.807) is 0 Å². The van der Waals surface area contributed by atoms with Crippen LogP contribution in [0.4, 0.5) is 10.1 Å². The summed E-state index contributed by atoms with van der Waals surface area (Å²) >= 11 is 0. The summed E-state index contributed by atoms with van der Waals surface area (Å²) in [6.07, 6.45) is 0. The van der Waals surface area contributed by atoms with Crippen molar-refractivity contribution in [2.24, 2.45) is 0 Å². The lowest BCUT2D eigenvalue weighted by molar-refractivity contribution is -0.125. The van der Waals surface area contributed by atoms with E-state index >= 15 is 0 Å². The Kier molecular flexibility index (Phi) is 6.61. The van der Waals surface area contributed by atoms with Crippen molar-refractivity contribution in [2.75, 3.05) is 57.4 Å². The van der Waals surface area contributed by atoms with E-state index in [0.717, 1.165) is 38.4 Å². The fourth-order valence-corrected chi connectivity index (χ4v) is 2.48. The van der Waals surface area contributed by atoms with E-state index in [2.05, 4.69) is 15.1 Å². The number of halogens is 1. The molecule has 1 N–H and O–H groups in total. The van der Waals surface area contributed by atoms with E-state index in [-0.39, 0.29) is 18.3 Å². The SMILES string of the molecule is CCOCC(=O)NCCN1CCN(c2ccc(F)cc2)CC1. The van der Waals surface area contributed by atoms with Crippen molar-refractivity contribution >= 4 is 11.6 Å². The van der Waals surface area contributed by atoms with Crippen LogP contribution in [-0.4, -0.2) is 63.3 Å². The number of amides is 1. The zero-order valence-electron chi connectivity index (χ0n) is 13.1. The summed E-state index contributed by atoms with van der Waals surface area (Å²) < 4.78 is 18.0. The Bertz CT molecular complexity index is 459. The molecule has 0 aromatic heterocycles. The molecule has 1 aromatic carbocycles. The number of nitrogens with one attached hydrogen (secondary N) is 1. The summed E-state index contributed by atoms with van der Waals surface area (Å²) in [5.74, 6) is -0.267. The van der Waals surface area contributed by atoms with Crippen molar-refractivity contribution in [3.05, 3.63) is 30.1 Å². The molecule has 1 saturated heterocycles. The van der Waals surface area contributed by atoms with Gasteiger partial charge < -0.3 is 15.0 Å². The van der Waals surface area contributed by atoms with Crippen molar-refractivity contribution in [3.8, 4) is 0 Å². The molecule has 0 spiro atoms. The first kappa shape index (κ1) is 16.7. The van der Waals surface area contributed by atoms with E-state index in [4.69, 9.17) is 4.74 Å². The molecular formula is C16H24FN3O2. The maximum atomic E-state index is 12.9. The molecule has 1 aromatic rings. The zero-order chi connectivity index (χ0) is 15.8. The third-order valence-corrected chi connectivity index (χ3v) is 3.75. The van der Waals surface area contributed by atoms with Crippen LogP contribution < -0.4 is 10.2 Å². The number of benzene rings is 1. The molecule has 1 aliphatic heterocycles. The average Bonchev–Trinajstić information content (AvgIpc) is 2.54. The number of rotatable bonds is 7. The van der Waals surface area contributed by atoms with Crippen LogP contribution in [0, 0.1) is 5.82 Å². The molecule has 1 aliphatic rings. The van der Waals surface area contributed by atoms with Crippen LogP contribution in [-0.2, 0) is 9.53 Å². The lowest BCUT2D eigenvalue weighted by Crippen LogP contribution is -2.48. The van der Waals surface area contributed by atoms with Gasteiger partial charge in [0, 0.05) is 51.6 Å². The zero-order valence-corrected chi connectivity index (χ0v) is 13.1. The Labute approximate surface area is 131 Å². The van der Waals surface area contributed by atoms with Crippen molar-refractivity contribution in [1.29, 1.82) is 0 Å². The van der Waals surface area contributed by atoms with E-state index in [9.17, 15) is 9.18 Å². The summed E-state index contributed by atoms with van der Waals surface area (Å²) in [5, 5.41) is 2.85. The monoisotopic (exact) mass is 309 g/mol. The molecule has 0 radical (unpaired) electrons. The molecule has 0 unspecified atom stereocenters. The molecule has 1 amide bonds. The molecule has 6 heteroatoms. The van der Waals surface area contributed by atoms with E-state index < -0.39 is 0 Å². The van der Waals surface area contributed by atoms with Crippen LogP contribution in [0.5, 0.6) is 0 Å².